The molecule has 0 saturated carbocycles. The van der Waals surface area contributed by atoms with Gasteiger partial charge in [0, 0.05) is 40.8 Å². The summed E-state index contributed by atoms with van der Waals surface area (Å²) in [6, 6.07) is 15.8. The molecule has 0 aliphatic rings. The number of aryl methyl sites for hydroxylation is 1. The lowest BCUT2D eigenvalue weighted by Crippen LogP contribution is -2.13. The van der Waals surface area contributed by atoms with Gasteiger partial charge in [-0.2, -0.15) is 0 Å². The maximum Gasteiger partial charge on any atom is 0.255 e. The Labute approximate surface area is 168 Å². The summed E-state index contributed by atoms with van der Waals surface area (Å²) in [5.74, 6) is 0.0721. The van der Waals surface area contributed by atoms with Crippen LogP contribution >= 0.6 is 11.6 Å². The molecule has 28 heavy (non-hydrogen) atoms. The fourth-order valence-electron chi connectivity index (χ4n) is 2.59. The molecule has 6 nitrogen and oxygen atoms in total. The van der Waals surface area contributed by atoms with Gasteiger partial charge in [-0.05, 0) is 55.0 Å². The summed E-state index contributed by atoms with van der Waals surface area (Å²) < 4.78 is 0. The highest BCUT2D eigenvalue weighted by Gasteiger charge is 2.09. The van der Waals surface area contributed by atoms with Crippen LogP contribution in [-0.4, -0.2) is 16.8 Å². The molecule has 0 saturated heterocycles. The van der Waals surface area contributed by atoms with E-state index in [9.17, 15) is 9.59 Å². The largest absolute Gasteiger partial charge is 0.340 e. The van der Waals surface area contributed by atoms with E-state index in [0.717, 1.165) is 11.3 Å². The Balaban J connectivity index is 1.75. The second kappa shape index (κ2) is 8.54. The molecule has 2 aromatic carbocycles. The second-order valence-electron chi connectivity index (χ2n) is 6.23. The minimum Gasteiger partial charge on any atom is -0.340 e. The van der Waals surface area contributed by atoms with Crippen LogP contribution in [0.3, 0.4) is 0 Å². The van der Waals surface area contributed by atoms with E-state index in [-0.39, 0.29) is 11.8 Å². The maximum absolute atomic E-state index is 12.6. The summed E-state index contributed by atoms with van der Waals surface area (Å²) >= 11 is 6.05. The fraction of sp³-hybridized carbons (Fsp3) is 0.0952. The van der Waals surface area contributed by atoms with Crippen molar-refractivity contribution in [3.63, 3.8) is 0 Å². The predicted molar refractivity (Wildman–Crippen MR) is 112 cm³/mol. The predicted octanol–water partition coefficient (Wildman–Crippen LogP) is 5.00. The number of halogens is 1. The molecule has 0 fully saturated rings. The summed E-state index contributed by atoms with van der Waals surface area (Å²) in [6.45, 7) is 3.38. The van der Waals surface area contributed by atoms with Gasteiger partial charge in [-0.3, -0.25) is 9.59 Å². The topological polar surface area (TPSA) is 83.1 Å². The third-order valence-corrected chi connectivity index (χ3v) is 4.16. The first kappa shape index (κ1) is 19.4. The molecule has 0 spiro atoms. The number of nitrogens with zero attached hydrogens (tertiary/aromatic N) is 1. The summed E-state index contributed by atoms with van der Waals surface area (Å²) in [6.07, 6.45) is 1.56. The summed E-state index contributed by atoms with van der Waals surface area (Å²) in [5, 5.41) is 9.29. The summed E-state index contributed by atoms with van der Waals surface area (Å²) in [7, 11) is 0. The van der Waals surface area contributed by atoms with E-state index in [0.29, 0.717) is 27.8 Å². The van der Waals surface area contributed by atoms with E-state index in [4.69, 9.17) is 11.6 Å². The monoisotopic (exact) mass is 394 g/mol. The Bertz CT molecular complexity index is 1040. The van der Waals surface area contributed by atoms with Crippen LogP contribution in [0, 0.1) is 6.92 Å². The van der Waals surface area contributed by atoms with Crippen molar-refractivity contribution in [3.8, 4) is 0 Å². The molecule has 3 aromatic rings. The Morgan fingerprint density at radius 2 is 1.71 bits per heavy atom. The van der Waals surface area contributed by atoms with Crippen LogP contribution in [0.1, 0.15) is 22.8 Å². The Hall–Kier alpha value is -3.38. The first-order valence-corrected chi connectivity index (χ1v) is 8.97. The summed E-state index contributed by atoms with van der Waals surface area (Å²) in [5.41, 5.74) is 3.46. The highest BCUT2D eigenvalue weighted by Crippen LogP contribution is 2.24. The summed E-state index contributed by atoms with van der Waals surface area (Å²) in [4.78, 5) is 28.0. The van der Waals surface area contributed by atoms with E-state index in [2.05, 4.69) is 20.9 Å². The lowest BCUT2D eigenvalue weighted by Gasteiger charge is -2.11. The molecule has 3 N–H and O–H groups in total. The zero-order valence-corrected chi connectivity index (χ0v) is 16.2. The van der Waals surface area contributed by atoms with Gasteiger partial charge in [-0.15, -0.1) is 0 Å². The molecule has 0 bridgehead atoms. The van der Waals surface area contributed by atoms with Crippen molar-refractivity contribution < 1.29 is 9.59 Å². The molecule has 1 heterocycles. The first-order chi connectivity index (χ1) is 13.4. The van der Waals surface area contributed by atoms with Gasteiger partial charge in [-0.25, -0.2) is 4.98 Å². The van der Waals surface area contributed by atoms with E-state index in [1.165, 1.54) is 6.92 Å². The van der Waals surface area contributed by atoms with Crippen molar-refractivity contribution in [1.29, 1.82) is 0 Å². The molecule has 2 amide bonds. The molecule has 1 aromatic heterocycles. The van der Waals surface area contributed by atoms with Crippen LogP contribution in [-0.2, 0) is 4.79 Å². The average Bonchev–Trinajstić information content (AvgIpc) is 2.65. The van der Waals surface area contributed by atoms with Crippen molar-refractivity contribution in [1.82, 2.24) is 4.98 Å². The number of rotatable bonds is 5. The van der Waals surface area contributed by atoms with Gasteiger partial charge in [0.2, 0.25) is 5.91 Å². The minimum atomic E-state index is -0.284. The van der Waals surface area contributed by atoms with E-state index in [1.807, 2.05) is 19.1 Å². The molecular weight excluding hydrogens is 376 g/mol. The highest BCUT2D eigenvalue weighted by atomic mass is 35.5. The lowest BCUT2D eigenvalue weighted by molar-refractivity contribution is -0.114. The van der Waals surface area contributed by atoms with Gasteiger partial charge >= 0.3 is 0 Å². The molecule has 7 heteroatoms. The smallest absolute Gasteiger partial charge is 0.255 e. The van der Waals surface area contributed by atoms with Crippen molar-refractivity contribution in [2.45, 2.75) is 13.8 Å². The van der Waals surface area contributed by atoms with Crippen molar-refractivity contribution in [2.75, 3.05) is 16.0 Å². The fourth-order valence-corrected chi connectivity index (χ4v) is 2.76. The van der Waals surface area contributed by atoms with Crippen LogP contribution in [0.4, 0.5) is 22.9 Å². The quantitative estimate of drug-likeness (QED) is 0.568. The minimum absolute atomic E-state index is 0.176. The number of hydrogen-bond acceptors (Lipinski definition) is 4. The van der Waals surface area contributed by atoms with Crippen molar-refractivity contribution >= 4 is 46.3 Å². The van der Waals surface area contributed by atoms with E-state index >= 15 is 0 Å². The lowest BCUT2D eigenvalue weighted by atomic mass is 10.2. The molecule has 0 atom stereocenters. The average molecular weight is 395 g/mol. The number of nitrogens with one attached hydrogen (secondary N) is 3. The second-order valence-corrected chi connectivity index (χ2v) is 6.67. The molecule has 0 radical (unpaired) electrons. The molecule has 0 unspecified atom stereocenters. The van der Waals surface area contributed by atoms with Gasteiger partial charge in [0.15, 0.2) is 0 Å². The number of carbonyl (C=O) groups excluding carboxylic acids is 2. The van der Waals surface area contributed by atoms with Crippen LogP contribution in [0.15, 0.2) is 60.8 Å². The molecule has 142 valence electrons. The van der Waals surface area contributed by atoms with Gasteiger partial charge in [0.25, 0.3) is 5.91 Å². The van der Waals surface area contributed by atoms with Crippen LogP contribution < -0.4 is 16.0 Å². The SMILES string of the molecule is CC(=O)Nc1cccc(NC(=O)c2ccnc(Nc3cc(Cl)ccc3C)c2)c1. The standard InChI is InChI=1S/C21H19ClN4O2/c1-13-6-7-16(22)11-19(13)26-20-10-15(8-9-23-20)21(28)25-18-5-3-4-17(12-18)24-14(2)27/h3-12H,1-2H3,(H,23,26)(H,24,27)(H,25,28). The van der Waals surface area contributed by atoms with Crippen LogP contribution in [0.5, 0.6) is 0 Å². The first-order valence-electron chi connectivity index (χ1n) is 8.59. The highest BCUT2D eigenvalue weighted by molar-refractivity contribution is 6.30. The van der Waals surface area contributed by atoms with Crippen molar-refractivity contribution in [2.24, 2.45) is 0 Å². The maximum atomic E-state index is 12.6. The normalized spacial score (nSPS) is 10.2. The number of amides is 2. The third kappa shape index (κ3) is 5.08. The number of hydrogen-bond donors (Lipinski definition) is 3. The third-order valence-electron chi connectivity index (χ3n) is 3.93. The van der Waals surface area contributed by atoms with Gasteiger partial charge in [0.05, 0.1) is 0 Å². The van der Waals surface area contributed by atoms with Gasteiger partial charge in [-0.1, -0.05) is 23.7 Å². The van der Waals surface area contributed by atoms with Gasteiger partial charge < -0.3 is 16.0 Å². The van der Waals surface area contributed by atoms with Crippen LogP contribution in [0.25, 0.3) is 0 Å². The molecule has 0 aliphatic heterocycles. The zero-order valence-electron chi connectivity index (χ0n) is 15.4. The number of pyridine rings is 1. The zero-order chi connectivity index (χ0) is 20.1. The molecule has 3 rings (SSSR count). The van der Waals surface area contributed by atoms with Crippen molar-refractivity contribution in [3.05, 3.63) is 76.9 Å². The van der Waals surface area contributed by atoms with E-state index < -0.39 is 0 Å². The number of anilines is 4. The Morgan fingerprint density at radius 3 is 2.46 bits per heavy atom. The van der Waals surface area contributed by atoms with E-state index in [1.54, 1.807) is 48.7 Å². The molecule has 0 aliphatic carbocycles. The van der Waals surface area contributed by atoms with Gasteiger partial charge in [0.1, 0.15) is 5.82 Å². The Kier molecular flexibility index (Phi) is 5.91. The molecular formula is C21H19ClN4O2. The van der Waals surface area contributed by atoms with Crippen LogP contribution in [0.2, 0.25) is 5.02 Å². The number of benzene rings is 2. The number of aromatic nitrogens is 1. The Morgan fingerprint density at radius 1 is 0.964 bits per heavy atom. The number of carbonyl (C=O) groups is 2.